The summed E-state index contributed by atoms with van der Waals surface area (Å²) in [4.78, 5) is 0. The average molecular weight is 168 g/mol. The summed E-state index contributed by atoms with van der Waals surface area (Å²) in [5.41, 5.74) is 0.446. The zero-order valence-electron chi connectivity index (χ0n) is 8.21. The molecule has 0 saturated heterocycles. The summed E-state index contributed by atoms with van der Waals surface area (Å²) in [5.74, 6) is 1.25. The minimum absolute atomic E-state index is 0.0162. The molecule has 0 unspecified atom stereocenters. The van der Waals surface area contributed by atoms with Gasteiger partial charge in [-0.2, -0.15) is 0 Å². The topological polar surface area (TPSA) is 20.2 Å². The van der Waals surface area contributed by atoms with Gasteiger partial charge in [0.1, 0.15) is 0 Å². The summed E-state index contributed by atoms with van der Waals surface area (Å²) in [6, 6.07) is 0. The molecule has 0 radical (unpaired) electrons. The molecule has 2 aliphatic rings. The molecule has 1 nitrogen and oxygen atoms in total. The molecule has 2 fully saturated rings. The quantitative estimate of drug-likeness (QED) is 0.672. The summed E-state index contributed by atoms with van der Waals surface area (Å²) in [6.45, 7) is 4.55. The predicted molar refractivity (Wildman–Crippen MR) is 49.9 cm³/mol. The van der Waals surface area contributed by atoms with Crippen LogP contribution in [-0.2, 0) is 0 Å². The maximum atomic E-state index is 10.0. The Balaban J connectivity index is 1.88. The second kappa shape index (κ2) is 2.73. The van der Waals surface area contributed by atoms with Gasteiger partial charge in [-0.15, -0.1) is 0 Å². The molecule has 0 aromatic carbocycles. The first kappa shape index (κ1) is 8.55. The van der Waals surface area contributed by atoms with Crippen LogP contribution < -0.4 is 0 Å². The Hall–Kier alpha value is -0.0400. The molecule has 12 heavy (non-hydrogen) atoms. The molecule has 0 spiro atoms. The van der Waals surface area contributed by atoms with E-state index in [-0.39, 0.29) is 6.10 Å². The van der Waals surface area contributed by atoms with Crippen LogP contribution in [-0.4, -0.2) is 11.2 Å². The SMILES string of the molecule is CC1(C)C[C@H]1[C@H](O)C1CCCC1. The molecular weight excluding hydrogens is 148 g/mol. The highest BCUT2D eigenvalue weighted by atomic mass is 16.3. The second-order valence-corrected chi connectivity index (χ2v) is 5.33. The number of aliphatic hydroxyl groups excluding tert-OH is 1. The Kier molecular flexibility index (Phi) is 1.95. The molecule has 0 bridgehead atoms. The third-order valence-electron chi connectivity index (χ3n) is 3.88. The van der Waals surface area contributed by atoms with Gasteiger partial charge in [-0.3, -0.25) is 0 Å². The van der Waals surface area contributed by atoms with E-state index < -0.39 is 0 Å². The zero-order valence-corrected chi connectivity index (χ0v) is 8.21. The fourth-order valence-corrected chi connectivity index (χ4v) is 2.72. The first-order chi connectivity index (χ1) is 5.61. The van der Waals surface area contributed by atoms with Gasteiger partial charge in [-0.25, -0.2) is 0 Å². The van der Waals surface area contributed by atoms with Crippen molar-refractivity contribution in [1.82, 2.24) is 0 Å². The molecule has 2 atom stereocenters. The minimum Gasteiger partial charge on any atom is -0.393 e. The molecule has 2 rings (SSSR count). The van der Waals surface area contributed by atoms with Gasteiger partial charge in [0, 0.05) is 0 Å². The molecule has 2 aliphatic carbocycles. The van der Waals surface area contributed by atoms with Gasteiger partial charge in [0.2, 0.25) is 0 Å². The van der Waals surface area contributed by atoms with Crippen LogP contribution in [0.4, 0.5) is 0 Å². The zero-order chi connectivity index (χ0) is 8.77. The molecule has 0 amide bonds. The number of aliphatic hydroxyl groups is 1. The van der Waals surface area contributed by atoms with E-state index in [1.807, 2.05) is 0 Å². The van der Waals surface area contributed by atoms with Crippen LogP contribution in [0.15, 0.2) is 0 Å². The lowest BCUT2D eigenvalue weighted by molar-refractivity contribution is 0.0776. The van der Waals surface area contributed by atoms with Crippen molar-refractivity contribution in [3.05, 3.63) is 0 Å². The van der Waals surface area contributed by atoms with E-state index in [1.54, 1.807) is 0 Å². The van der Waals surface area contributed by atoms with Crippen LogP contribution in [0.1, 0.15) is 46.0 Å². The van der Waals surface area contributed by atoms with Gasteiger partial charge in [0.15, 0.2) is 0 Å². The van der Waals surface area contributed by atoms with E-state index >= 15 is 0 Å². The van der Waals surface area contributed by atoms with Gasteiger partial charge in [-0.05, 0) is 36.5 Å². The first-order valence-corrected chi connectivity index (χ1v) is 5.29. The summed E-state index contributed by atoms with van der Waals surface area (Å²) < 4.78 is 0. The van der Waals surface area contributed by atoms with Gasteiger partial charge in [0.05, 0.1) is 6.10 Å². The second-order valence-electron chi connectivity index (χ2n) is 5.33. The van der Waals surface area contributed by atoms with Crippen LogP contribution in [0.25, 0.3) is 0 Å². The standard InChI is InChI=1S/C11H20O/c1-11(2)7-9(11)10(12)8-5-3-4-6-8/h8-10,12H,3-7H2,1-2H3/t9-,10+/m0/s1. The van der Waals surface area contributed by atoms with E-state index in [0.29, 0.717) is 17.3 Å². The molecule has 70 valence electrons. The highest BCUT2D eigenvalue weighted by Gasteiger charge is 2.51. The minimum atomic E-state index is 0.0162. The number of rotatable bonds is 2. The predicted octanol–water partition coefficient (Wildman–Crippen LogP) is 2.58. The van der Waals surface area contributed by atoms with Crippen LogP contribution in [0.2, 0.25) is 0 Å². The van der Waals surface area contributed by atoms with Crippen LogP contribution in [0.3, 0.4) is 0 Å². The molecule has 0 heterocycles. The highest BCUT2D eigenvalue weighted by molar-refractivity contribution is 5.01. The van der Waals surface area contributed by atoms with Crippen LogP contribution in [0, 0.1) is 17.3 Å². The van der Waals surface area contributed by atoms with E-state index in [4.69, 9.17) is 0 Å². The van der Waals surface area contributed by atoms with Crippen molar-refractivity contribution in [2.75, 3.05) is 0 Å². The lowest BCUT2D eigenvalue weighted by Crippen LogP contribution is -2.22. The van der Waals surface area contributed by atoms with Crippen molar-refractivity contribution in [2.24, 2.45) is 17.3 Å². The normalized spacial score (nSPS) is 36.8. The fourth-order valence-electron chi connectivity index (χ4n) is 2.72. The molecule has 2 saturated carbocycles. The molecule has 0 aromatic heterocycles. The van der Waals surface area contributed by atoms with Crippen molar-refractivity contribution in [3.8, 4) is 0 Å². The van der Waals surface area contributed by atoms with E-state index in [9.17, 15) is 5.11 Å². The number of hydrogen-bond acceptors (Lipinski definition) is 1. The maximum absolute atomic E-state index is 10.0. The molecule has 0 aliphatic heterocycles. The Morgan fingerprint density at radius 1 is 1.25 bits per heavy atom. The van der Waals surface area contributed by atoms with Gasteiger partial charge < -0.3 is 5.11 Å². The molecule has 1 N–H and O–H groups in total. The van der Waals surface area contributed by atoms with E-state index in [0.717, 1.165) is 0 Å². The van der Waals surface area contributed by atoms with Gasteiger partial charge >= 0.3 is 0 Å². The largest absolute Gasteiger partial charge is 0.393 e. The van der Waals surface area contributed by atoms with E-state index in [1.165, 1.54) is 32.1 Å². The van der Waals surface area contributed by atoms with Gasteiger partial charge in [-0.1, -0.05) is 26.7 Å². The van der Waals surface area contributed by atoms with Crippen molar-refractivity contribution >= 4 is 0 Å². The highest BCUT2D eigenvalue weighted by Crippen LogP contribution is 2.56. The Morgan fingerprint density at radius 3 is 2.17 bits per heavy atom. The number of hydrogen-bond donors (Lipinski definition) is 1. The molecule has 0 aromatic rings. The lowest BCUT2D eigenvalue weighted by Gasteiger charge is -2.18. The van der Waals surface area contributed by atoms with Crippen LogP contribution in [0.5, 0.6) is 0 Å². The fraction of sp³-hybridized carbons (Fsp3) is 1.00. The third-order valence-corrected chi connectivity index (χ3v) is 3.88. The summed E-state index contributed by atoms with van der Waals surface area (Å²) in [6.07, 6.45) is 6.48. The first-order valence-electron chi connectivity index (χ1n) is 5.29. The Labute approximate surface area is 75.2 Å². The van der Waals surface area contributed by atoms with E-state index in [2.05, 4.69) is 13.8 Å². The maximum Gasteiger partial charge on any atom is 0.0601 e. The molecule has 1 heteroatoms. The van der Waals surface area contributed by atoms with Gasteiger partial charge in [0.25, 0.3) is 0 Å². The van der Waals surface area contributed by atoms with Crippen molar-refractivity contribution in [2.45, 2.75) is 52.1 Å². The third kappa shape index (κ3) is 1.39. The summed E-state index contributed by atoms with van der Waals surface area (Å²) >= 11 is 0. The van der Waals surface area contributed by atoms with Crippen molar-refractivity contribution in [3.63, 3.8) is 0 Å². The summed E-state index contributed by atoms with van der Waals surface area (Å²) in [7, 11) is 0. The lowest BCUT2D eigenvalue weighted by atomic mass is 9.93. The van der Waals surface area contributed by atoms with Crippen molar-refractivity contribution in [1.29, 1.82) is 0 Å². The Morgan fingerprint density at radius 2 is 1.75 bits per heavy atom. The van der Waals surface area contributed by atoms with Crippen molar-refractivity contribution < 1.29 is 5.11 Å². The molecular formula is C11H20O. The average Bonchev–Trinajstić information content (AvgIpc) is 2.56. The monoisotopic (exact) mass is 168 g/mol. The Bertz CT molecular complexity index is 163. The smallest absolute Gasteiger partial charge is 0.0601 e. The summed E-state index contributed by atoms with van der Waals surface area (Å²) in [5, 5.41) is 10.0. The van der Waals surface area contributed by atoms with Crippen LogP contribution >= 0.6 is 0 Å².